The average Bonchev–Trinajstić information content (AvgIpc) is 1.30. The van der Waals surface area contributed by atoms with Crippen LogP contribution in [0.25, 0.3) is 0 Å². The van der Waals surface area contributed by atoms with Crippen molar-refractivity contribution in [1.29, 1.82) is 0 Å². The third-order valence-corrected chi connectivity index (χ3v) is 0.593. The summed E-state index contributed by atoms with van der Waals surface area (Å²) >= 11 is 15.3. The summed E-state index contributed by atoms with van der Waals surface area (Å²) in [7, 11) is 0. The van der Waals surface area contributed by atoms with Gasteiger partial charge in [-0.15, -0.1) is 0 Å². The van der Waals surface area contributed by atoms with Crippen LogP contribution in [0.15, 0.2) is 0 Å². The van der Waals surface area contributed by atoms with Gasteiger partial charge in [0.25, 0.3) is 3.98 Å². The molecular weight excluding hydrogens is 158 g/mol. The summed E-state index contributed by atoms with van der Waals surface area (Å²) in [5, 5.41) is 0. The van der Waals surface area contributed by atoms with Gasteiger partial charge in [-0.1, -0.05) is 34.8 Å². The average molecular weight is 162 g/mol. The predicted octanol–water partition coefficient (Wildman–Crippen LogP) is 2.16. The van der Waals surface area contributed by atoms with Crippen LogP contribution in [-0.2, 0) is 4.74 Å². The van der Waals surface area contributed by atoms with Crippen LogP contribution in [0, 0.1) is 6.92 Å². The Hall–Kier alpha value is 0.830. The van der Waals surface area contributed by atoms with E-state index in [1.165, 1.54) is 0 Å². The minimum atomic E-state index is -1.60. The van der Waals surface area contributed by atoms with E-state index in [1.54, 1.807) is 0 Å². The Morgan fingerprint density at radius 1 is 1.43 bits per heavy atom. The third-order valence-electron chi connectivity index (χ3n) is 0.266. The van der Waals surface area contributed by atoms with Crippen LogP contribution in [0.1, 0.15) is 0 Å². The van der Waals surface area contributed by atoms with Crippen LogP contribution < -0.4 is 0 Å². The van der Waals surface area contributed by atoms with E-state index in [4.69, 9.17) is 34.8 Å². The largest absolute Gasteiger partial charge is 0.334 e. The standard InChI is InChI=1S/C3H4Cl3O/c1-2-7-3(4,5)6/h1-2H2. The van der Waals surface area contributed by atoms with E-state index in [0.717, 1.165) is 0 Å². The molecule has 43 valence electrons. The first-order chi connectivity index (χ1) is 3.06. The maximum absolute atomic E-state index is 5.10. The summed E-state index contributed by atoms with van der Waals surface area (Å²) in [6.45, 7) is 3.46. The molecule has 0 bridgehead atoms. The van der Waals surface area contributed by atoms with E-state index in [9.17, 15) is 0 Å². The second kappa shape index (κ2) is 2.98. The van der Waals surface area contributed by atoms with Crippen molar-refractivity contribution in [2.24, 2.45) is 0 Å². The molecule has 0 aromatic rings. The van der Waals surface area contributed by atoms with Gasteiger partial charge in [-0.25, -0.2) is 0 Å². The topological polar surface area (TPSA) is 9.23 Å². The minimum Gasteiger partial charge on any atom is -0.334 e. The molecule has 0 saturated carbocycles. The van der Waals surface area contributed by atoms with Crippen LogP contribution >= 0.6 is 34.8 Å². The van der Waals surface area contributed by atoms with E-state index in [2.05, 4.69) is 11.7 Å². The first kappa shape index (κ1) is 7.83. The molecule has 0 aromatic heterocycles. The van der Waals surface area contributed by atoms with Gasteiger partial charge in [0.2, 0.25) is 0 Å². The van der Waals surface area contributed by atoms with Crippen molar-refractivity contribution in [3.05, 3.63) is 6.92 Å². The number of halogens is 3. The fourth-order valence-corrected chi connectivity index (χ4v) is 0.347. The molecule has 0 atom stereocenters. The van der Waals surface area contributed by atoms with Crippen LogP contribution in [-0.4, -0.2) is 10.6 Å². The lowest BCUT2D eigenvalue weighted by atomic mass is 10.9. The second-order valence-electron chi connectivity index (χ2n) is 0.794. The first-order valence-electron chi connectivity index (χ1n) is 1.56. The van der Waals surface area contributed by atoms with E-state index in [-0.39, 0.29) is 6.61 Å². The summed E-state index contributed by atoms with van der Waals surface area (Å²) in [5.41, 5.74) is 0. The smallest absolute Gasteiger partial charge is 0.297 e. The molecule has 0 aliphatic heterocycles. The highest BCUT2D eigenvalue weighted by atomic mass is 35.6. The Kier molecular flexibility index (Phi) is 3.33. The zero-order chi connectivity index (χ0) is 5.91. The zero-order valence-electron chi connectivity index (χ0n) is 3.46. The maximum atomic E-state index is 5.10. The van der Waals surface area contributed by atoms with Gasteiger partial charge in [0.15, 0.2) is 0 Å². The van der Waals surface area contributed by atoms with E-state index < -0.39 is 3.98 Å². The Morgan fingerprint density at radius 2 is 1.86 bits per heavy atom. The van der Waals surface area contributed by atoms with Gasteiger partial charge in [0, 0.05) is 0 Å². The Morgan fingerprint density at radius 3 is 1.86 bits per heavy atom. The van der Waals surface area contributed by atoms with Gasteiger partial charge >= 0.3 is 0 Å². The Bertz CT molecular complexity index is 48.6. The normalized spacial score (nSPS) is 12.0. The van der Waals surface area contributed by atoms with Crippen molar-refractivity contribution in [3.63, 3.8) is 0 Å². The van der Waals surface area contributed by atoms with E-state index >= 15 is 0 Å². The van der Waals surface area contributed by atoms with Gasteiger partial charge in [-0.3, -0.25) is 0 Å². The highest BCUT2D eigenvalue weighted by molar-refractivity contribution is 6.66. The number of rotatable bonds is 1. The van der Waals surface area contributed by atoms with Gasteiger partial charge in [-0.2, -0.15) is 0 Å². The highest BCUT2D eigenvalue weighted by Crippen LogP contribution is 2.26. The number of ether oxygens (including phenoxy) is 1. The van der Waals surface area contributed by atoms with Crippen LogP contribution in [0.2, 0.25) is 0 Å². The molecule has 0 aliphatic carbocycles. The molecule has 0 spiro atoms. The summed E-state index contributed by atoms with van der Waals surface area (Å²) in [5.74, 6) is 0. The van der Waals surface area contributed by atoms with Crippen molar-refractivity contribution >= 4 is 34.8 Å². The number of hydrogen-bond acceptors (Lipinski definition) is 1. The molecule has 1 nitrogen and oxygen atoms in total. The fraction of sp³-hybridized carbons (Fsp3) is 0.667. The zero-order valence-corrected chi connectivity index (χ0v) is 5.72. The quantitative estimate of drug-likeness (QED) is 0.537. The highest BCUT2D eigenvalue weighted by Gasteiger charge is 2.17. The van der Waals surface area contributed by atoms with Gasteiger partial charge < -0.3 is 4.74 Å². The van der Waals surface area contributed by atoms with Crippen molar-refractivity contribution in [2.75, 3.05) is 6.61 Å². The van der Waals surface area contributed by atoms with Crippen molar-refractivity contribution in [3.8, 4) is 0 Å². The SMILES string of the molecule is [CH2]COC(Cl)(Cl)Cl. The summed E-state index contributed by atoms with van der Waals surface area (Å²) in [6, 6.07) is 0. The lowest BCUT2D eigenvalue weighted by Crippen LogP contribution is -2.07. The molecular formula is C3H4Cl3O. The molecule has 4 heteroatoms. The third kappa shape index (κ3) is 6.83. The second-order valence-corrected chi connectivity index (χ2v) is 2.97. The van der Waals surface area contributed by atoms with Crippen molar-refractivity contribution in [2.45, 2.75) is 3.98 Å². The summed E-state index contributed by atoms with van der Waals surface area (Å²) in [6.07, 6.45) is 0. The lowest BCUT2D eigenvalue weighted by Gasteiger charge is -2.07. The van der Waals surface area contributed by atoms with E-state index in [0.29, 0.717) is 0 Å². The molecule has 0 heterocycles. The molecule has 0 aromatic carbocycles. The molecule has 0 N–H and O–H groups in total. The lowest BCUT2D eigenvalue weighted by molar-refractivity contribution is 0.157. The predicted molar refractivity (Wildman–Crippen MR) is 31.6 cm³/mol. The molecule has 0 aliphatic rings. The summed E-state index contributed by atoms with van der Waals surface area (Å²) < 4.78 is 2.82. The monoisotopic (exact) mass is 161 g/mol. The minimum absolute atomic E-state index is 0.163. The molecule has 0 saturated heterocycles. The van der Waals surface area contributed by atoms with Crippen molar-refractivity contribution < 1.29 is 4.74 Å². The molecule has 0 rings (SSSR count). The van der Waals surface area contributed by atoms with Crippen LogP contribution in [0.3, 0.4) is 0 Å². The summed E-state index contributed by atoms with van der Waals surface area (Å²) in [4.78, 5) is 0. The fourth-order valence-electron chi connectivity index (χ4n) is 0.116. The van der Waals surface area contributed by atoms with Crippen LogP contribution in [0.4, 0.5) is 0 Å². The molecule has 0 unspecified atom stereocenters. The van der Waals surface area contributed by atoms with Gasteiger partial charge in [-0.05, 0) is 6.92 Å². The first-order valence-corrected chi connectivity index (χ1v) is 2.69. The van der Waals surface area contributed by atoms with Crippen molar-refractivity contribution in [1.82, 2.24) is 0 Å². The maximum Gasteiger partial charge on any atom is 0.297 e. The molecule has 7 heavy (non-hydrogen) atoms. The van der Waals surface area contributed by atoms with Gasteiger partial charge in [0.05, 0.1) is 6.61 Å². The molecule has 0 fully saturated rings. The number of alkyl halides is 3. The Balaban J connectivity index is 3.15. The van der Waals surface area contributed by atoms with Gasteiger partial charge in [0.1, 0.15) is 0 Å². The molecule has 1 radical (unpaired) electrons. The number of hydrogen-bond donors (Lipinski definition) is 0. The molecule has 0 amide bonds. The van der Waals surface area contributed by atoms with Crippen LogP contribution in [0.5, 0.6) is 0 Å². The van der Waals surface area contributed by atoms with E-state index in [1.807, 2.05) is 0 Å². The Labute approximate surface area is 57.5 Å².